The number of aromatic nitrogens is 2. The molecule has 0 amide bonds. The lowest BCUT2D eigenvalue weighted by Gasteiger charge is -2.10. The Labute approximate surface area is 87.7 Å². The number of nitrogens with zero attached hydrogens (tertiary/aromatic N) is 2. The molecule has 6 heteroatoms. The molecule has 15 heavy (non-hydrogen) atoms. The van der Waals surface area contributed by atoms with Crippen LogP contribution in [0, 0.1) is 0 Å². The molecule has 84 valence electrons. The van der Waals surface area contributed by atoms with Gasteiger partial charge in [-0.25, -0.2) is 0 Å². The van der Waals surface area contributed by atoms with Crippen LogP contribution in [0.4, 0.5) is 0 Å². The Morgan fingerprint density at radius 1 is 1.73 bits per heavy atom. The van der Waals surface area contributed by atoms with Gasteiger partial charge in [-0.3, -0.25) is 4.79 Å². The van der Waals surface area contributed by atoms with E-state index in [2.05, 4.69) is 15.5 Å². The molecule has 6 nitrogen and oxygen atoms in total. The number of hydrogen-bond donors (Lipinski definition) is 2. The molecule has 0 aliphatic heterocycles. The number of rotatable bonds is 7. The molecule has 0 spiro atoms. The minimum Gasteiger partial charge on any atom is -0.481 e. The molecule has 1 aromatic heterocycles. The van der Waals surface area contributed by atoms with Gasteiger partial charge in [0.05, 0.1) is 0 Å². The number of nitrogens with one attached hydrogen (secondary N) is 1. The molecule has 1 unspecified atom stereocenters. The fraction of sp³-hybridized carbons (Fsp3) is 0.667. The molecule has 0 saturated carbocycles. The summed E-state index contributed by atoms with van der Waals surface area (Å²) in [6, 6.07) is 0.184. The monoisotopic (exact) mass is 213 g/mol. The Hall–Kier alpha value is -1.43. The van der Waals surface area contributed by atoms with Crippen LogP contribution in [0.2, 0.25) is 0 Å². The summed E-state index contributed by atoms with van der Waals surface area (Å²) in [5, 5.41) is 15.1. The third-order valence-electron chi connectivity index (χ3n) is 2.03. The molecular formula is C9H15N3O3. The van der Waals surface area contributed by atoms with Crippen molar-refractivity contribution < 1.29 is 14.4 Å². The lowest BCUT2D eigenvalue weighted by molar-refractivity contribution is -0.137. The first-order valence-corrected chi connectivity index (χ1v) is 4.89. The number of carboxylic acids is 1. The summed E-state index contributed by atoms with van der Waals surface area (Å²) in [5.41, 5.74) is 0. The van der Waals surface area contributed by atoms with Crippen molar-refractivity contribution in [1.29, 1.82) is 0 Å². The topological polar surface area (TPSA) is 88.2 Å². The Bertz CT molecular complexity index is 287. The van der Waals surface area contributed by atoms with Crippen molar-refractivity contribution in [3.63, 3.8) is 0 Å². The van der Waals surface area contributed by atoms with Crippen LogP contribution in [0.15, 0.2) is 10.9 Å². The van der Waals surface area contributed by atoms with Gasteiger partial charge < -0.3 is 14.9 Å². The summed E-state index contributed by atoms with van der Waals surface area (Å²) in [6.07, 6.45) is 2.84. The van der Waals surface area contributed by atoms with Gasteiger partial charge in [0.25, 0.3) is 0 Å². The predicted octanol–water partition coefficient (Wildman–Crippen LogP) is 0.455. The summed E-state index contributed by atoms with van der Waals surface area (Å²) in [6.45, 7) is 2.67. The van der Waals surface area contributed by atoms with Crippen LogP contribution in [0.3, 0.4) is 0 Å². The van der Waals surface area contributed by atoms with E-state index >= 15 is 0 Å². The van der Waals surface area contributed by atoms with Gasteiger partial charge in [0.1, 0.15) is 0 Å². The highest BCUT2D eigenvalue weighted by atomic mass is 16.5. The van der Waals surface area contributed by atoms with Crippen LogP contribution in [0.1, 0.15) is 25.7 Å². The van der Waals surface area contributed by atoms with Gasteiger partial charge >= 0.3 is 5.97 Å². The second-order valence-corrected chi connectivity index (χ2v) is 3.37. The average molecular weight is 213 g/mol. The standard InChI is InChI=1S/C9H15N3O3/c1-7(2-3-9(13)14)10-5-4-8-11-6-12-15-8/h6-7,10H,2-5H2,1H3,(H,13,14). The third-order valence-corrected chi connectivity index (χ3v) is 2.03. The third kappa shape index (κ3) is 5.11. The van der Waals surface area contributed by atoms with Crippen LogP contribution < -0.4 is 5.32 Å². The maximum atomic E-state index is 10.3. The molecule has 0 aliphatic carbocycles. The molecule has 0 saturated heterocycles. The highest BCUT2D eigenvalue weighted by Gasteiger charge is 2.05. The molecule has 0 aromatic carbocycles. The van der Waals surface area contributed by atoms with E-state index in [1.54, 1.807) is 0 Å². The molecule has 1 aromatic rings. The van der Waals surface area contributed by atoms with Crippen LogP contribution in [0.5, 0.6) is 0 Å². The summed E-state index contributed by atoms with van der Waals surface area (Å²) in [5.74, 6) is -0.173. The highest BCUT2D eigenvalue weighted by molar-refractivity contribution is 5.66. The smallest absolute Gasteiger partial charge is 0.303 e. The SMILES string of the molecule is CC(CCC(=O)O)NCCc1ncno1. The fourth-order valence-corrected chi connectivity index (χ4v) is 1.17. The average Bonchev–Trinajstić information content (AvgIpc) is 2.67. The Balaban J connectivity index is 2.06. The van der Waals surface area contributed by atoms with E-state index in [0.29, 0.717) is 25.3 Å². The Morgan fingerprint density at radius 3 is 3.13 bits per heavy atom. The van der Waals surface area contributed by atoms with Crippen molar-refractivity contribution in [2.75, 3.05) is 6.54 Å². The number of aliphatic carboxylic acids is 1. The zero-order chi connectivity index (χ0) is 11.1. The van der Waals surface area contributed by atoms with Gasteiger partial charge in [-0.05, 0) is 13.3 Å². The van der Waals surface area contributed by atoms with Crippen LogP contribution in [-0.4, -0.2) is 33.8 Å². The van der Waals surface area contributed by atoms with E-state index in [4.69, 9.17) is 9.63 Å². The van der Waals surface area contributed by atoms with Crippen molar-refractivity contribution in [2.24, 2.45) is 0 Å². The first-order chi connectivity index (χ1) is 7.18. The van der Waals surface area contributed by atoms with Gasteiger partial charge in [-0.1, -0.05) is 5.16 Å². The van der Waals surface area contributed by atoms with Gasteiger partial charge in [0, 0.05) is 25.4 Å². The van der Waals surface area contributed by atoms with Gasteiger partial charge in [-0.2, -0.15) is 4.98 Å². The van der Waals surface area contributed by atoms with Gasteiger partial charge in [0.15, 0.2) is 6.33 Å². The van der Waals surface area contributed by atoms with E-state index in [1.165, 1.54) is 6.33 Å². The lowest BCUT2D eigenvalue weighted by Crippen LogP contribution is -2.28. The summed E-state index contributed by atoms with van der Waals surface area (Å²) >= 11 is 0. The van der Waals surface area contributed by atoms with Crippen molar-refractivity contribution in [3.05, 3.63) is 12.2 Å². The zero-order valence-electron chi connectivity index (χ0n) is 8.64. The fourth-order valence-electron chi connectivity index (χ4n) is 1.17. The van der Waals surface area contributed by atoms with Gasteiger partial charge in [0.2, 0.25) is 5.89 Å². The molecule has 0 radical (unpaired) electrons. The summed E-state index contributed by atoms with van der Waals surface area (Å²) < 4.78 is 4.82. The second-order valence-electron chi connectivity index (χ2n) is 3.37. The molecule has 1 rings (SSSR count). The van der Waals surface area contributed by atoms with Crippen molar-refractivity contribution >= 4 is 5.97 Å². The van der Waals surface area contributed by atoms with Crippen molar-refractivity contribution in [3.8, 4) is 0 Å². The molecule has 2 N–H and O–H groups in total. The molecule has 0 fully saturated rings. The van der Waals surface area contributed by atoms with Gasteiger partial charge in [-0.15, -0.1) is 0 Å². The quantitative estimate of drug-likeness (QED) is 0.683. The molecule has 0 bridgehead atoms. The van der Waals surface area contributed by atoms with E-state index in [9.17, 15) is 4.79 Å². The van der Waals surface area contributed by atoms with Crippen molar-refractivity contribution in [2.45, 2.75) is 32.2 Å². The second kappa shape index (κ2) is 6.13. The molecule has 1 heterocycles. The van der Waals surface area contributed by atoms with E-state index in [-0.39, 0.29) is 12.5 Å². The summed E-state index contributed by atoms with van der Waals surface area (Å²) in [4.78, 5) is 14.2. The normalized spacial score (nSPS) is 12.6. The highest BCUT2D eigenvalue weighted by Crippen LogP contribution is 1.97. The Morgan fingerprint density at radius 2 is 2.53 bits per heavy atom. The first-order valence-electron chi connectivity index (χ1n) is 4.89. The molecule has 1 atom stereocenters. The van der Waals surface area contributed by atoms with E-state index in [1.807, 2.05) is 6.92 Å². The van der Waals surface area contributed by atoms with Crippen molar-refractivity contribution in [1.82, 2.24) is 15.5 Å². The minimum absolute atomic E-state index is 0.184. The first kappa shape index (κ1) is 11.6. The maximum Gasteiger partial charge on any atom is 0.303 e. The number of carboxylic acid groups (broad SMARTS) is 1. The Kier molecular flexibility index (Phi) is 4.76. The van der Waals surface area contributed by atoms with Crippen LogP contribution in [0.25, 0.3) is 0 Å². The molecular weight excluding hydrogens is 198 g/mol. The van der Waals surface area contributed by atoms with Crippen LogP contribution >= 0.6 is 0 Å². The number of hydrogen-bond acceptors (Lipinski definition) is 5. The van der Waals surface area contributed by atoms with E-state index in [0.717, 1.165) is 0 Å². The van der Waals surface area contributed by atoms with Crippen LogP contribution in [-0.2, 0) is 11.2 Å². The zero-order valence-corrected chi connectivity index (χ0v) is 8.64. The summed E-state index contributed by atoms with van der Waals surface area (Å²) in [7, 11) is 0. The van der Waals surface area contributed by atoms with E-state index < -0.39 is 5.97 Å². The lowest BCUT2D eigenvalue weighted by atomic mass is 10.2. The minimum atomic E-state index is -0.763. The largest absolute Gasteiger partial charge is 0.481 e. The maximum absolute atomic E-state index is 10.3. The predicted molar refractivity (Wildman–Crippen MR) is 52.3 cm³/mol. The number of carbonyl (C=O) groups is 1. The molecule has 0 aliphatic rings.